The van der Waals surface area contributed by atoms with Gasteiger partial charge in [0.15, 0.2) is 0 Å². The van der Waals surface area contributed by atoms with Gasteiger partial charge in [-0.3, -0.25) is 14.8 Å². The number of rotatable bonds is 5. The number of halogens is 3. The lowest BCUT2D eigenvalue weighted by atomic mass is 10.2. The number of hydrogen-bond acceptors (Lipinski definition) is 5. The third-order valence-electron chi connectivity index (χ3n) is 3.42. The van der Waals surface area contributed by atoms with Crippen LogP contribution in [0.3, 0.4) is 0 Å². The lowest BCUT2D eigenvalue weighted by Crippen LogP contribution is -2.26. The van der Waals surface area contributed by atoms with Gasteiger partial charge in [0.2, 0.25) is 0 Å². The van der Waals surface area contributed by atoms with Gasteiger partial charge >= 0.3 is 6.18 Å². The second-order valence-electron chi connectivity index (χ2n) is 5.28. The second kappa shape index (κ2) is 7.61. The Kier molecular flexibility index (Phi) is 5.27. The first-order chi connectivity index (χ1) is 12.4. The standard InChI is InChI=1S/C17H13F3N4OS/c18-17(19,20)14-5-4-11(9-23-14)16(25)22-8-6-15-24-13(10-26-15)12-3-1-2-7-21-12/h1-5,7,9-10H,6,8H2,(H,22,25). The maximum Gasteiger partial charge on any atom is 0.433 e. The number of thiazole rings is 1. The average Bonchev–Trinajstić information content (AvgIpc) is 3.11. The summed E-state index contributed by atoms with van der Waals surface area (Å²) >= 11 is 1.46. The fraction of sp³-hybridized carbons (Fsp3) is 0.176. The molecule has 3 aromatic rings. The summed E-state index contributed by atoms with van der Waals surface area (Å²) in [6.45, 7) is 0.315. The van der Waals surface area contributed by atoms with Crippen LogP contribution in [0.25, 0.3) is 11.4 Å². The van der Waals surface area contributed by atoms with Crippen LogP contribution in [0.4, 0.5) is 13.2 Å². The summed E-state index contributed by atoms with van der Waals surface area (Å²) in [5.74, 6) is -0.479. The monoisotopic (exact) mass is 378 g/mol. The molecule has 3 heterocycles. The molecule has 0 radical (unpaired) electrons. The fourth-order valence-corrected chi connectivity index (χ4v) is 2.93. The van der Waals surface area contributed by atoms with Crippen molar-refractivity contribution in [1.29, 1.82) is 0 Å². The predicted molar refractivity (Wildman–Crippen MR) is 90.6 cm³/mol. The van der Waals surface area contributed by atoms with E-state index in [-0.39, 0.29) is 5.56 Å². The van der Waals surface area contributed by atoms with Crippen molar-refractivity contribution in [3.8, 4) is 11.4 Å². The topological polar surface area (TPSA) is 67.8 Å². The summed E-state index contributed by atoms with van der Waals surface area (Å²) in [5, 5.41) is 5.36. The van der Waals surface area contributed by atoms with Gasteiger partial charge in [0.1, 0.15) is 5.69 Å². The molecule has 0 spiro atoms. The van der Waals surface area contributed by atoms with Crippen molar-refractivity contribution in [2.45, 2.75) is 12.6 Å². The van der Waals surface area contributed by atoms with Gasteiger partial charge < -0.3 is 5.32 Å². The molecule has 1 amide bonds. The largest absolute Gasteiger partial charge is 0.433 e. The molecule has 0 atom stereocenters. The van der Waals surface area contributed by atoms with E-state index < -0.39 is 17.8 Å². The van der Waals surface area contributed by atoms with Gasteiger partial charge in [-0.25, -0.2) is 4.98 Å². The average molecular weight is 378 g/mol. The summed E-state index contributed by atoms with van der Waals surface area (Å²) in [6, 6.07) is 7.45. The van der Waals surface area contributed by atoms with Gasteiger partial charge in [-0.1, -0.05) is 6.07 Å². The van der Waals surface area contributed by atoms with E-state index in [1.54, 1.807) is 6.20 Å². The molecule has 0 unspecified atom stereocenters. The van der Waals surface area contributed by atoms with Crippen LogP contribution < -0.4 is 5.32 Å². The van der Waals surface area contributed by atoms with E-state index in [9.17, 15) is 18.0 Å². The molecule has 0 aliphatic carbocycles. The molecule has 0 bridgehead atoms. The van der Waals surface area contributed by atoms with E-state index in [1.807, 2.05) is 23.6 Å². The molecular weight excluding hydrogens is 365 g/mol. The first-order valence-electron chi connectivity index (χ1n) is 7.61. The third kappa shape index (κ3) is 4.42. The van der Waals surface area contributed by atoms with Gasteiger partial charge in [-0.05, 0) is 24.3 Å². The number of aromatic nitrogens is 3. The van der Waals surface area contributed by atoms with Crippen LogP contribution in [0.5, 0.6) is 0 Å². The van der Waals surface area contributed by atoms with E-state index >= 15 is 0 Å². The van der Waals surface area contributed by atoms with Crippen LogP contribution in [-0.4, -0.2) is 27.4 Å². The number of carbonyl (C=O) groups is 1. The summed E-state index contributed by atoms with van der Waals surface area (Å²) in [5.41, 5.74) is 0.587. The highest BCUT2D eigenvalue weighted by Gasteiger charge is 2.32. The number of nitrogens with one attached hydrogen (secondary N) is 1. The Hall–Kier alpha value is -2.81. The van der Waals surface area contributed by atoms with Crippen molar-refractivity contribution in [3.05, 3.63) is 64.4 Å². The number of amides is 1. The second-order valence-corrected chi connectivity index (χ2v) is 6.22. The molecule has 0 fully saturated rings. The molecule has 0 aliphatic heterocycles. The van der Waals surface area contributed by atoms with Gasteiger partial charge in [0.25, 0.3) is 5.91 Å². The van der Waals surface area contributed by atoms with E-state index in [0.29, 0.717) is 13.0 Å². The molecular formula is C17H13F3N4OS. The number of hydrogen-bond donors (Lipinski definition) is 1. The number of alkyl halides is 3. The summed E-state index contributed by atoms with van der Waals surface area (Å²) in [7, 11) is 0. The van der Waals surface area contributed by atoms with Crippen LogP contribution in [0.15, 0.2) is 48.1 Å². The maximum absolute atomic E-state index is 12.5. The number of pyridine rings is 2. The molecule has 0 saturated heterocycles. The quantitative estimate of drug-likeness (QED) is 0.737. The third-order valence-corrected chi connectivity index (χ3v) is 4.33. The zero-order valence-electron chi connectivity index (χ0n) is 13.3. The molecule has 0 aromatic carbocycles. The van der Waals surface area contributed by atoms with Crippen LogP contribution in [-0.2, 0) is 12.6 Å². The smallest absolute Gasteiger partial charge is 0.352 e. The van der Waals surface area contributed by atoms with E-state index in [0.717, 1.165) is 34.7 Å². The Morgan fingerprint density at radius 3 is 2.62 bits per heavy atom. The van der Waals surface area contributed by atoms with Crippen LogP contribution in [0.1, 0.15) is 21.1 Å². The van der Waals surface area contributed by atoms with Crippen molar-refractivity contribution in [2.24, 2.45) is 0 Å². The molecule has 5 nitrogen and oxygen atoms in total. The highest BCUT2D eigenvalue weighted by atomic mass is 32.1. The highest BCUT2D eigenvalue weighted by molar-refractivity contribution is 7.09. The Labute approximate surface area is 151 Å². The number of nitrogens with zero attached hydrogens (tertiary/aromatic N) is 3. The Bertz CT molecular complexity index is 879. The molecule has 0 aliphatic rings. The van der Waals surface area contributed by atoms with Crippen molar-refractivity contribution >= 4 is 17.2 Å². The van der Waals surface area contributed by atoms with Gasteiger partial charge in [-0.2, -0.15) is 13.2 Å². The molecule has 3 rings (SSSR count). The minimum atomic E-state index is -4.52. The first kappa shape index (κ1) is 18.0. The Balaban J connectivity index is 1.53. The Morgan fingerprint density at radius 1 is 1.12 bits per heavy atom. The van der Waals surface area contributed by atoms with Crippen molar-refractivity contribution in [2.75, 3.05) is 6.54 Å². The van der Waals surface area contributed by atoms with Crippen molar-refractivity contribution < 1.29 is 18.0 Å². The normalized spacial score (nSPS) is 11.3. The van der Waals surface area contributed by atoms with E-state index in [4.69, 9.17) is 0 Å². The minimum absolute atomic E-state index is 0.0753. The van der Waals surface area contributed by atoms with Crippen molar-refractivity contribution in [3.63, 3.8) is 0 Å². The Morgan fingerprint density at radius 2 is 1.96 bits per heavy atom. The van der Waals surface area contributed by atoms with Crippen LogP contribution in [0.2, 0.25) is 0 Å². The number of carbonyl (C=O) groups excluding carboxylic acids is 1. The molecule has 0 saturated carbocycles. The molecule has 26 heavy (non-hydrogen) atoms. The summed E-state index contributed by atoms with van der Waals surface area (Å²) < 4.78 is 37.4. The summed E-state index contributed by atoms with van der Waals surface area (Å²) in [6.07, 6.45) is -1.41. The van der Waals surface area contributed by atoms with E-state index in [1.165, 1.54) is 11.3 Å². The molecule has 134 valence electrons. The van der Waals surface area contributed by atoms with Crippen molar-refractivity contribution in [1.82, 2.24) is 20.3 Å². The highest BCUT2D eigenvalue weighted by Crippen LogP contribution is 2.27. The van der Waals surface area contributed by atoms with Gasteiger partial charge in [0.05, 0.1) is 22.0 Å². The SMILES string of the molecule is O=C(NCCc1nc(-c2ccccn2)cs1)c1ccc(C(F)(F)F)nc1. The minimum Gasteiger partial charge on any atom is -0.352 e. The van der Waals surface area contributed by atoms with Gasteiger partial charge in [-0.15, -0.1) is 11.3 Å². The molecule has 3 aromatic heterocycles. The molecule has 9 heteroatoms. The zero-order valence-corrected chi connectivity index (χ0v) is 14.1. The fourth-order valence-electron chi connectivity index (χ4n) is 2.14. The predicted octanol–water partition coefficient (Wildman–Crippen LogP) is 3.59. The van der Waals surface area contributed by atoms with E-state index in [2.05, 4.69) is 20.3 Å². The zero-order chi connectivity index (χ0) is 18.6. The summed E-state index contributed by atoms with van der Waals surface area (Å²) in [4.78, 5) is 23.9. The molecule has 1 N–H and O–H groups in total. The van der Waals surface area contributed by atoms with Crippen LogP contribution >= 0.6 is 11.3 Å². The van der Waals surface area contributed by atoms with Crippen LogP contribution in [0, 0.1) is 0 Å². The van der Waals surface area contributed by atoms with Gasteiger partial charge in [0, 0.05) is 30.7 Å². The lowest BCUT2D eigenvalue weighted by Gasteiger charge is -2.07. The lowest BCUT2D eigenvalue weighted by molar-refractivity contribution is -0.141. The maximum atomic E-state index is 12.5. The first-order valence-corrected chi connectivity index (χ1v) is 8.49.